The molecule has 0 bridgehead atoms. The van der Waals surface area contributed by atoms with E-state index in [0.717, 1.165) is 11.6 Å². The Morgan fingerprint density at radius 2 is 1.74 bits per heavy atom. The van der Waals surface area contributed by atoms with Crippen LogP contribution in [0, 0.1) is 11.6 Å². The second-order valence-electron chi connectivity index (χ2n) is 4.47. The Morgan fingerprint density at radius 1 is 1.05 bits per heavy atom. The third-order valence-electron chi connectivity index (χ3n) is 3.01. The van der Waals surface area contributed by atoms with Gasteiger partial charge in [-0.2, -0.15) is 0 Å². The normalized spacial score (nSPS) is 12.4. The van der Waals surface area contributed by atoms with Gasteiger partial charge in [0, 0.05) is 17.0 Å². The average molecular weight is 282 g/mol. The van der Waals surface area contributed by atoms with Gasteiger partial charge < -0.3 is 5.73 Å². The molecule has 0 aliphatic heterocycles. The van der Waals surface area contributed by atoms with Gasteiger partial charge >= 0.3 is 0 Å². The minimum atomic E-state index is -0.572. The zero-order valence-corrected chi connectivity index (χ0v) is 11.0. The van der Waals surface area contributed by atoms with Crippen molar-refractivity contribution in [1.29, 1.82) is 0 Å². The van der Waals surface area contributed by atoms with Crippen LogP contribution in [-0.2, 0) is 6.42 Å². The van der Waals surface area contributed by atoms with Crippen molar-refractivity contribution in [2.24, 2.45) is 5.73 Å². The fraction of sp³-hybridized carbons (Fsp3) is 0.200. The molecule has 1 unspecified atom stereocenters. The zero-order chi connectivity index (χ0) is 13.8. The summed E-state index contributed by atoms with van der Waals surface area (Å²) in [5.41, 5.74) is 7.31. The zero-order valence-electron chi connectivity index (χ0n) is 10.2. The quantitative estimate of drug-likeness (QED) is 0.904. The molecule has 2 rings (SSSR count). The highest BCUT2D eigenvalue weighted by Crippen LogP contribution is 2.23. The van der Waals surface area contributed by atoms with E-state index in [4.69, 9.17) is 17.3 Å². The summed E-state index contributed by atoms with van der Waals surface area (Å²) in [6, 6.07) is 10.9. The molecule has 0 heterocycles. The Kier molecular flexibility index (Phi) is 4.51. The van der Waals surface area contributed by atoms with Crippen LogP contribution in [0.25, 0.3) is 0 Å². The predicted molar refractivity (Wildman–Crippen MR) is 73.3 cm³/mol. The summed E-state index contributed by atoms with van der Waals surface area (Å²) in [5.74, 6) is -1.16. The van der Waals surface area contributed by atoms with Gasteiger partial charge in [-0.05, 0) is 48.4 Å². The molecule has 2 aromatic carbocycles. The minimum Gasteiger partial charge on any atom is -0.330 e. The molecular formula is C15H14ClF2N. The van der Waals surface area contributed by atoms with Gasteiger partial charge in [0.05, 0.1) is 0 Å². The lowest BCUT2D eigenvalue weighted by Crippen LogP contribution is -2.15. The van der Waals surface area contributed by atoms with Crippen molar-refractivity contribution in [2.45, 2.75) is 12.3 Å². The number of benzene rings is 2. The molecule has 2 N–H and O–H groups in total. The molecule has 0 spiro atoms. The van der Waals surface area contributed by atoms with Crippen LogP contribution < -0.4 is 5.73 Å². The van der Waals surface area contributed by atoms with Crippen molar-refractivity contribution in [2.75, 3.05) is 6.54 Å². The third kappa shape index (κ3) is 3.75. The second-order valence-corrected chi connectivity index (χ2v) is 4.91. The maximum Gasteiger partial charge on any atom is 0.126 e. The first-order valence-electron chi connectivity index (χ1n) is 5.99. The molecule has 0 amide bonds. The molecule has 2 aromatic rings. The second kappa shape index (κ2) is 6.13. The van der Waals surface area contributed by atoms with Crippen molar-refractivity contribution >= 4 is 11.6 Å². The molecule has 0 fully saturated rings. The van der Waals surface area contributed by atoms with Crippen LogP contribution in [0.3, 0.4) is 0 Å². The smallest absolute Gasteiger partial charge is 0.126 e. The van der Waals surface area contributed by atoms with Crippen LogP contribution in [0.1, 0.15) is 17.0 Å². The average Bonchev–Trinajstić information content (AvgIpc) is 2.34. The van der Waals surface area contributed by atoms with E-state index in [1.807, 2.05) is 18.2 Å². The third-order valence-corrected chi connectivity index (χ3v) is 3.24. The number of hydrogen-bond acceptors (Lipinski definition) is 1. The van der Waals surface area contributed by atoms with E-state index in [0.29, 0.717) is 23.6 Å². The highest BCUT2D eigenvalue weighted by atomic mass is 35.5. The molecule has 4 heteroatoms. The minimum absolute atomic E-state index is 0.0140. The monoisotopic (exact) mass is 281 g/mol. The first-order valence-corrected chi connectivity index (χ1v) is 6.37. The molecule has 1 nitrogen and oxygen atoms in total. The molecule has 100 valence electrons. The van der Waals surface area contributed by atoms with Crippen molar-refractivity contribution in [3.8, 4) is 0 Å². The van der Waals surface area contributed by atoms with Gasteiger partial charge in [0.1, 0.15) is 11.6 Å². The standard InChI is InChI=1S/C15H14ClF2N/c16-13-3-1-2-11(7-13)12(9-19)4-10-5-14(17)8-15(18)6-10/h1-3,5-8,12H,4,9,19H2. The SMILES string of the molecule is NCC(Cc1cc(F)cc(F)c1)c1cccc(Cl)c1. The van der Waals surface area contributed by atoms with E-state index in [1.54, 1.807) is 6.07 Å². The molecule has 1 atom stereocenters. The van der Waals surface area contributed by atoms with E-state index < -0.39 is 11.6 Å². The Balaban J connectivity index is 2.23. The van der Waals surface area contributed by atoms with E-state index in [1.165, 1.54) is 12.1 Å². The van der Waals surface area contributed by atoms with Crippen LogP contribution in [0.2, 0.25) is 5.02 Å². The molecular weight excluding hydrogens is 268 g/mol. The number of rotatable bonds is 4. The van der Waals surface area contributed by atoms with Crippen LogP contribution in [0.15, 0.2) is 42.5 Å². The van der Waals surface area contributed by atoms with Crippen LogP contribution >= 0.6 is 11.6 Å². The summed E-state index contributed by atoms with van der Waals surface area (Å²) >= 11 is 5.94. The summed E-state index contributed by atoms with van der Waals surface area (Å²) in [7, 11) is 0. The molecule has 0 aromatic heterocycles. The van der Waals surface area contributed by atoms with Crippen LogP contribution in [-0.4, -0.2) is 6.54 Å². The van der Waals surface area contributed by atoms with Gasteiger partial charge in [0.15, 0.2) is 0 Å². The predicted octanol–water partition coefficient (Wildman–Crippen LogP) is 3.90. The van der Waals surface area contributed by atoms with Gasteiger partial charge in [0.2, 0.25) is 0 Å². The summed E-state index contributed by atoms with van der Waals surface area (Å²) in [6.07, 6.45) is 0.478. The number of hydrogen-bond donors (Lipinski definition) is 1. The molecule has 0 aliphatic carbocycles. The maximum atomic E-state index is 13.2. The van der Waals surface area contributed by atoms with E-state index in [-0.39, 0.29) is 5.92 Å². The van der Waals surface area contributed by atoms with Crippen molar-refractivity contribution in [3.05, 3.63) is 70.2 Å². The van der Waals surface area contributed by atoms with Crippen molar-refractivity contribution in [3.63, 3.8) is 0 Å². The van der Waals surface area contributed by atoms with Gasteiger partial charge in [-0.1, -0.05) is 23.7 Å². The van der Waals surface area contributed by atoms with Crippen LogP contribution in [0.5, 0.6) is 0 Å². The Morgan fingerprint density at radius 3 is 2.32 bits per heavy atom. The highest BCUT2D eigenvalue weighted by Gasteiger charge is 2.12. The molecule has 0 aliphatic rings. The van der Waals surface area contributed by atoms with Crippen molar-refractivity contribution in [1.82, 2.24) is 0 Å². The number of nitrogens with two attached hydrogens (primary N) is 1. The fourth-order valence-corrected chi connectivity index (χ4v) is 2.31. The highest BCUT2D eigenvalue weighted by molar-refractivity contribution is 6.30. The van der Waals surface area contributed by atoms with E-state index >= 15 is 0 Å². The first kappa shape index (κ1) is 14.0. The summed E-state index contributed by atoms with van der Waals surface area (Å²) in [4.78, 5) is 0. The van der Waals surface area contributed by atoms with Gasteiger partial charge in [-0.15, -0.1) is 0 Å². The molecule has 0 saturated carbocycles. The largest absolute Gasteiger partial charge is 0.330 e. The van der Waals surface area contributed by atoms with Crippen molar-refractivity contribution < 1.29 is 8.78 Å². The van der Waals surface area contributed by atoms with Gasteiger partial charge in [-0.3, -0.25) is 0 Å². The molecule has 19 heavy (non-hydrogen) atoms. The lowest BCUT2D eigenvalue weighted by molar-refractivity contribution is 0.575. The fourth-order valence-electron chi connectivity index (χ4n) is 2.11. The number of halogens is 3. The molecule has 0 saturated heterocycles. The maximum absolute atomic E-state index is 13.2. The Bertz CT molecular complexity index is 552. The Labute approximate surface area is 116 Å². The Hall–Kier alpha value is -1.45. The summed E-state index contributed by atoms with van der Waals surface area (Å²) in [6.45, 7) is 0.387. The topological polar surface area (TPSA) is 26.0 Å². The summed E-state index contributed by atoms with van der Waals surface area (Å²) < 4.78 is 26.3. The summed E-state index contributed by atoms with van der Waals surface area (Å²) in [5, 5.41) is 0.626. The molecule has 0 radical (unpaired) electrons. The lowest BCUT2D eigenvalue weighted by atomic mass is 9.92. The van der Waals surface area contributed by atoms with Gasteiger partial charge in [-0.25, -0.2) is 8.78 Å². The van der Waals surface area contributed by atoms with E-state index in [2.05, 4.69) is 0 Å². The first-order chi connectivity index (χ1) is 9.08. The van der Waals surface area contributed by atoms with E-state index in [9.17, 15) is 8.78 Å². The van der Waals surface area contributed by atoms with Crippen LogP contribution in [0.4, 0.5) is 8.78 Å². The van der Waals surface area contributed by atoms with Gasteiger partial charge in [0.25, 0.3) is 0 Å². The lowest BCUT2D eigenvalue weighted by Gasteiger charge is -2.15.